The highest BCUT2D eigenvalue weighted by Crippen LogP contribution is 2.27. The van der Waals surface area contributed by atoms with Crippen LogP contribution < -0.4 is 5.32 Å². The first-order valence-corrected chi connectivity index (χ1v) is 9.97. The minimum atomic E-state index is -0.246. The standard InChI is InChI=1S/C23H26FN3O/c1-17-6-2-3-7-21(17)22(25-19-10-8-18(24)9-11-19)16-23(26-20-12-13-20)27-14-4-5-15-28-27/h2-3,6-11,16,20,25H,4-5,12-15H2,1H3. The van der Waals surface area contributed by atoms with Gasteiger partial charge < -0.3 is 5.32 Å². The fourth-order valence-corrected chi connectivity index (χ4v) is 3.22. The summed E-state index contributed by atoms with van der Waals surface area (Å²) < 4.78 is 13.3. The van der Waals surface area contributed by atoms with Gasteiger partial charge in [0.2, 0.25) is 0 Å². The largest absolute Gasteiger partial charge is 0.355 e. The minimum Gasteiger partial charge on any atom is -0.355 e. The summed E-state index contributed by atoms with van der Waals surface area (Å²) >= 11 is 0. The zero-order valence-electron chi connectivity index (χ0n) is 16.2. The van der Waals surface area contributed by atoms with E-state index in [9.17, 15) is 4.39 Å². The molecule has 0 spiro atoms. The Morgan fingerprint density at radius 2 is 1.93 bits per heavy atom. The van der Waals surface area contributed by atoms with Crippen LogP contribution >= 0.6 is 0 Å². The van der Waals surface area contributed by atoms with Crippen LogP contribution in [0.1, 0.15) is 36.8 Å². The van der Waals surface area contributed by atoms with Gasteiger partial charge in [0.05, 0.1) is 12.6 Å². The number of nitrogens with one attached hydrogen (secondary N) is 1. The fourth-order valence-electron chi connectivity index (χ4n) is 3.22. The predicted octanol–water partition coefficient (Wildman–Crippen LogP) is 5.18. The van der Waals surface area contributed by atoms with Gasteiger partial charge in [0.1, 0.15) is 11.7 Å². The smallest absolute Gasteiger partial charge is 0.150 e. The summed E-state index contributed by atoms with van der Waals surface area (Å²) in [6.07, 6.45) is 6.51. The maximum absolute atomic E-state index is 13.3. The Morgan fingerprint density at radius 3 is 2.61 bits per heavy atom. The van der Waals surface area contributed by atoms with Crippen LogP contribution in [0.15, 0.2) is 59.6 Å². The number of benzene rings is 2. The molecule has 146 valence electrons. The Hall–Kier alpha value is -2.66. The van der Waals surface area contributed by atoms with E-state index in [1.807, 2.05) is 17.2 Å². The van der Waals surface area contributed by atoms with Crippen molar-refractivity contribution >= 4 is 17.2 Å². The second-order valence-corrected chi connectivity index (χ2v) is 7.37. The Kier molecular flexibility index (Phi) is 5.72. The molecule has 0 radical (unpaired) electrons. The van der Waals surface area contributed by atoms with Crippen LogP contribution in [0.3, 0.4) is 0 Å². The SMILES string of the molecule is Cc1ccccc1C(=CC(=NC1CC1)N1CCCCO1)Nc1ccc(F)cc1. The van der Waals surface area contributed by atoms with E-state index in [-0.39, 0.29) is 5.82 Å². The van der Waals surface area contributed by atoms with Gasteiger partial charge in [-0.2, -0.15) is 0 Å². The number of hydroxylamine groups is 2. The third-order valence-electron chi connectivity index (χ3n) is 4.95. The molecule has 1 saturated carbocycles. The van der Waals surface area contributed by atoms with E-state index in [2.05, 4.69) is 30.4 Å². The van der Waals surface area contributed by atoms with E-state index >= 15 is 0 Å². The third-order valence-corrected chi connectivity index (χ3v) is 4.95. The molecule has 28 heavy (non-hydrogen) atoms. The molecule has 2 aliphatic rings. The van der Waals surface area contributed by atoms with Gasteiger partial charge in [-0.15, -0.1) is 0 Å². The molecule has 0 amide bonds. The lowest BCUT2D eigenvalue weighted by Crippen LogP contribution is -2.35. The van der Waals surface area contributed by atoms with E-state index in [4.69, 9.17) is 9.83 Å². The monoisotopic (exact) mass is 379 g/mol. The maximum atomic E-state index is 13.3. The van der Waals surface area contributed by atoms with Crippen molar-refractivity contribution in [3.63, 3.8) is 0 Å². The number of halogens is 1. The van der Waals surface area contributed by atoms with Crippen molar-refractivity contribution in [1.82, 2.24) is 5.06 Å². The van der Waals surface area contributed by atoms with E-state index in [1.165, 1.54) is 12.1 Å². The number of hydrogen-bond donors (Lipinski definition) is 1. The van der Waals surface area contributed by atoms with Crippen LogP contribution in [0, 0.1) is 12.7 Å². The Balaban J connectivity index is 1.71. The molecule has 0 aromatic heterocycles. The van der Waals surface area contributed by atoms with Crippen molar-refractivity contribution in [2.24, 2.45) is 4.99 Å². The molecule has 0 bridgehead atoms. The van der Waals surface area contributed by atoms with Crippen LogP contribution in [0.25, 0.3) is 5.70 Å². The van der Waals surface area contributed by atoms with Gasteiger partial charge in [-0.1, -0.05) is 24.3 Å². The highest BCUT2D eigenvalue weighted by Gasteiger charge is 2.24. The number of nitrogens with zero attached hydrogens (tertiary/aromatic N) is 2. The van der Waals surface area contributed by atoms with Crippen molar-refractivity contribution < 1.29 is 9.23 Å². The first-order valence-electron chi connectivity index (χ1n) is 9.97. The zero-order chi connectivity index (χ0) is 19.3. The number of aryl methyl sites for hydroxylation is 1. The first kappa shape index (κ1) is 18.7. The van der Waals surface area contributed by atoms with Gasteiger partial charge >= 0.3 is 0 Å². The summed E-state index contributed by atoms with van der Waals surface area (Å²) in [6.45, 7) is 3.66. The van der Waals surface area contributed by atoms with Crippen molar-refractivity contribution in [3.8, 4) is 0 Å². The van der Waals surface area contributed by atoms with E-state index in [1.54, 1.807) is 12.1 Å². The summed E-state index contributed by atoms with van der Waals surface area (Å²) in [6, 6.07) is 15.0. The molecule has 0 unspecified atom stereocenters. The Labute approximate surface area is 165 Å². The van der Waals surface area contributed by atoms with Gasteiger partial charge in [0.15, 0.2) is 0 Å². The van der Waals surface area contributed by atoms with Crippen LogP contribution in [0.2, 0.25) is 0 Å². The highest BCUT2D eigenvalue weighted by molar-refractivity contribution is 6.01. The average molecular weight is 379 g/mol. The number of aliphatic imine (C=N–C) groups is 1. The van der Waals surface area contributed by atoms with Crippen molar-refractivity contribution in [1.29, 1.82) is 0 Å². The molecule has 0 atom stereocenters. The summed E-state index contributed by atoms with van der Waals surface area (Å²) in [4.78, 5) is 10.8. The Bertz CT molecular complexity index is 866. The molecular formula is C23H26FN3O. The maximum Gasteiger partial charge on any atom is 0.150 e. The zero-order valence-corrected chi connectivity index (χ0v) is 16.2. The molecule has 1 aliphatic carbocycles. The second kappa shape index (κ2) is 8.57. The highest BCUT2D eigenvalue weighted by atomic mass is 19.1. The number of hydrogen-bond acceptors (Lipinski definition) is 3. The molecule has 1 N–H and O–H groups in total. The molecule has 2 aromatic carbocycles. The van der Waals surface area contributed by atoms with Crippen molar-refractivity contribution in [3.05, 3.63) is 71.6 Å². The van der Waals surface area contributed by atoms with Crippen LogP contribution in [-0.4, -0.2) is 30.1 Å². The van der Waals surface area contributed by atoms with E-state index in [0.29, 0.717) is 6.04 Å². The summed E-state index contributed by atoms with van der Waals surface area (Å²) in [5.74, 6) is 0.611. The minimum absolute atomic E-state index is 0.246. The summed E-state index contributed by atoms with van der Waals surface area (Å²) in [5.41, 5.74) is 4.01. The van der Waals surface area contributed by atoms with Crippen molar-refractivity contribution in [2.75, 3.05) is 18.5 Å². The van der Waals surface area contributed by atoms with Gasteiger partial charge in [0.25, 0.3) is 0 Å². The number of rotatable bonds is 5. The number of amidine groups is 1. The van der Waals surface area contributed by atoms with Crippen LogP contribution in [-0.2, 0) is 4.84 Å². The molecule has 1 saturated heterocycles. The van der Waals surface area contributed by atoms with Crippen LogP contribution in [0.5, 0.6) is 0 Å². The molecule has 2 aromatic rings. The lowest BCUT2D eigenvalue weighted by atomic mass is 10.0. The fraction of sp³-hybridized carbons (Fsp3) is 0.348. The van der Waals surface area contributed by atoms with E-state index in [0.717, 1.165) is 67.2 Å². The topological polar surface area (TPSA) is 36.9 Å². The third kappa shape index (κ3) is 4.78. The predicted molar refractivity (Wildman–Crippen MR) is 112 cm³/mol. The lowest BCUT2D eigenvalue weighted by Gasteiger charge is -2.28. The van der Waals surface area contributed by atoms with Gasteiger partial charge in [0, 0.05) is 29.6 Å². The average Bonchev–Trinajstić information content (AvgIpc) is 3.54. The molecule has 2 fully saturated rings. The molecular weight excluding hydrogens is 353 g/mol. The summed E-state index contributed by atoms with van der Waals surface area (Å²) in [5, 5.41) is 5.38. The van der Waals surface area contributed by atoms with Gasteiger partial charge in [-0.05, 0) is 62.4 Å². The van der Waals surface area contributed by atoms with Crippen LogP contribution in [0.4, 0.5) is 10.1 Å². The molecule has 4 rings (SSSR count). The molecule has 1 heterocycles. The van der Waals surface area contributed by atoms with E-state index < -0.39 is 0 Å². The molecule has 5 heteroatoms. The lowest BCUT2D eigenvalue weighted by molar-refractivity contribution is -0.122. The van der Waals surface area contributed by atoms with Gasteiger partial charge in [-0.3, -0.25) is 9.83 Å². The molecule has 4 nitrogen and oxygen atoms in total. The number of anilines is 1. The first-order chi connectivity index (χ1) is 13.7. The quantitative estimate of drug-likeness (QED) is 0.575. The van der Waals surface area contributed by atoms with Gasteiger partial charge in [-0.25, -0.2) is 9.45 Å². The normalized spacial score (nSPS) is 18.3. The Morgan fingerprint density at radius 1 is 1.14 bits per heavy atom. The van der Waals surface area contributed by atoms with Crippen molar-refractivity contribution in [2.45, 2.75) is 38.6 Å². The second-order valence-electron chi connectivity index (χ2n) is 7.37. The summed E-state index contributed by atoms with van der Waals surface area (Å²) in [7, 11) is 0. The molecule has 1 aliphatic heterocycles.